The van der Waals surface area contributed by atoms with Crippen molar-refractivity contribution in [1.29, 1.82) is 5.26 Å². The molecule has 0 aromatic carbocycles. The predicted molar refractivity (Wildman–Crippen MR) is 102 cm³/mol. The number of aromatic nitrogens is 3. The summed E-state index contributed by atoms with van der Waals surface area (Å²) in [6.45, 7) is 7.54. The fourth-order valence-electron chi connectivity index (χ4n) is 2.96. The molecule has 0 aliphatic carbocycles. The van der Waals surface area contributed by atoms with E-state index in [1.54, 1.807) is 24.7 Å². The lowest BCUT2D eigenvalue weighted by Crippen LogP contribution is -2.50. The van der Waals surface area contributed by atoms with E-state index in [1.807, 2.05) is 26.0 Å². The summed E-state index contributed by atoms with van der Waals surface area (Å²) in [5.74, 6) is 0.872. The Bertz CT molecular complexity index is 821. The van der Waals surface area contributed by atoms with Gasteiger partial charge in [-0.2, -0.15) is 5.26 Å². The zero-order valence-corrected chi connectivity index (χ0v) is 15.6. The van der Waals surface area contributed by atoms with Crippen molar-refractivity contribution in [3.05, 3.63) is 36.4 Å². The summed E-state index contributed by atoms with van der Waals surface area (Å²) in [4.78, 5) is 29.3. The first-order chi connectivity index (χ1) is 13.0. The standard InChI is InChI=1S/C19H23N7O/c1-14(2)23-19(27)13-25-5-7-26(8-6-25)18-12-21-11-17(24-18)15-3-4-16(9-20)22-10-15/h3-4,10-12,14H,5-8,13H2,1-2H3,(H,23,27). The van der Waals surface area contributed by atoms with Gasteiger partial charge in [-0.1, -0.05) is 0 Å². The van der Waals surface area contributed by atoms with E-state index in [9.17, 15) is 4.79 Å². The number of carbonyl (C=O) groups is 1. The maximum Gasteiger partial charge on any atom is 0.234 e. The van der Waals surface area contributed by atoms with Crippen LogP contribution in [0.3, 0.4) is 0 Å². The Balaban J connectivity index is 1.61. The fourth-order valence-corrected chi connectivity index (χ4v) is 2.96. The zero-order chi connectivity index (χ0) is 19.2. The largest absolute Gasteiger partial charge is 0.353 e. The first-order valence-corrected chi connectivity index (χ1v) is 9.00. The molecular formula is C19H23N7O. The van der Waals surface area contributed by atoms with Crippen LogP contribution in [-0.2, 0) is 4.79 Å². The molecule has 1 saturated heterocycles. The average Bonchev–Trinajstić information content (AvgIpc) is 2.68. The van der Waals surface area contributed by atoms with Crippen LogP contribution in [0.15, 0.2) is 30.7 Å². The van der Waals surface area contributed by atoms with Gasteiger partial charge >= 0.3 is 0 Å². The lowest BCUT2D eigenvalue weighted by molar-refractivity contribution is -0.122. The lowest BCUT2D eigenvalue weighted by Gasteiger charge is -2.35. The molecule has 0 spiro atoms. The minimum absolute atomic E-state index is 0.0635. The van der Waals surface area contributed by atoms with Gasteiger partial charge in [0.25, 0.3) is 0 Å². The van der Waals surface area contributed by atoms with Crippen LogP contribution in [0.1, 0.15) is 19.5 Å². The van der Waals surface area contributed by atoms with Crippen molar-refractivity contribution in [2.24, 2.45) is 0 Å². The molecular weight excluding hydrogens is 342 g/mol. The summed E-state index contributed by atoms with van der Waals surface area (Å²) in [6.07, 6.45) is 5.08. The molecule has 1 fully saturated rings. The van der Waals surface area contributed by atoms with Crippen LogP contribution < -0.4 is 10.2 Å². The molecule has 3 heterocycles. The second-order valence-corrected chi connectivity index (χ2v) is 6.79. The predicted octanol–water partition coefficient (Wildman–Crippen LogP) is 1.06. The normalized spacial score (nSPS) is 14.8. The van der Waals surface area contributed by atoms with Gasteiger partial charge in [0.1, 0.15) is 17.6 Å². The number of nitrogens with one attached hydrogen (secondary N) is 1. The van der Waals surface area contributed by atoms with E-state index in [-0.39, 0.29) is 11.9 Å². The SMILES string of the molecule is CC(C)NC(=O)CN1CCN(c2cncc(-c3ccc(C#N)nc3)n2)CC1. The van der Waals surface area contributed by atoms with Crippen molar-refractivity contribution in [2.75, 3.05) is 37.6 Å². The monoisotopic (exact) mass is 365 g/mol. The number of hydrogen-bond acceptors (Lipinski definition) is 7. The third-order valence-corrected chi connectivity index (χ3v) is 4.31. The summed E-state index contributed by atoms with van der Waals surface area (Å²) < 4.78 is 0. The number of anilines is 1. The highest BCUT2D eigenvalue weighted by Crippen LogP contribution is 2.19. The van der Waals surface area contributed by atoms with E-state index < -0.39 is 0 Å². The second kappa shape index (κ2) is 8.56. The van der Waals surface area contributed by atoms with Crippen LogP contribution in [0, 0.1) is 11.3 Å². The lowest BCUT2D eigenvalue weighted by atomic mass is 10.2. The van der Waals surface area contributed by atoms with Crippen LogP contribution in [-0.4, -0.2) is 64.5 Å². The number of piperazine rings is 1. The van der Waals surface area contributed by atoms with Crippen molar-refractivity contribution < 1.29 is 4.79 Å². The highest BCUT2D eigenvalue weighted by molar-refractivity contribution is 5.78. The Morgan fingerprint density at radius 1 is 1.22 bits per heavy atom. The maximum absolute atomic E-state index is 11.9. The van der Waals surface area contributed by atoms with E-state index in [4.69, 9.17) is 10.2 Å². The van der Waals surface area contributed by atoms with Gasteiger partial charge < -0.3 is 10.2 Å². The molecule has 27 heavy (non-hydrogen) atoms. The molecule has 0 unspecified atom stereocenters. The van der Waals surface area contributed by atoms with Gasteiger partial charge in [0.15, 0.2) is 0 Å². The van der Waals surface area contributed by atoms with E-state index in [2.05, 4.69) is 25.1 Å². The van der Waals surface area contributed by atoms with Gasteiger partial charge in [0.05, 0.1) is 24.6 Å². The van der Waals surface area contributed by atoms with Gasteiger partial charge in [-0.05, 0) is 26.0 Å². The molecule has 140 valence electrons. The molecule has 3 rings (SSSR count). The number of nitriles is 1. The molecule has 1 N–H and O–H groups in total. The molecule has 1 aliphatic heterocycles. The van der Waals surface area contributed by atoms with Gasteiger partial charge in [-0.25, -0.2) is 9.97 Å². The minimum atomic E-state index is 0.0635. The number of nitrogens with zero attached hydrogens (tertiary/aromatic N) is 6. The number of amides is 1. The molecule has 1 amide bonds. The number of pyridine rings is 1. The minimum Gasteiger partial charge on any atom is -0.353 e. The van der Waals surface area contributed by atoms with E-state index >= 15 is 0 Å². The van der Waals surface area contributed by atoms with Crippen molar-refractivity contribution in [3.8, 4) is 17.3 Å². The Labute approximate surface area is 158 Å². The summed E-state index contributed by atoms with van der Waals surface area (Å²) in [6, 6.07) is 5.66. The quantitative estimate of drug-likeness (QED) is 0.846. The molecule has 1 aliphatic rings. The van der Waals surface area contributed by atoms with Gasteiger partial charge in [0, 0.05) is 44.0 Å². The van der Waals surface area contributed by atoms with Gasteiger partial charge in [-0.3, -0.25) is 14.7 Å². The number of carbonyl (C=O) groups excluding carboxylic acids is 1. The van der Waals surface area contributed by atoms with Crippen LogP contribution in [0.25, 0.3) is 11.3 Å². The second-order valence-electron chi connectivity index (χ2n) is 6.79. The molecule has 8 nitrogen and oxygen atoms in total. The molecule has 8 heteroatoms. The third kappa shape index (κ3) is 4.99. The van der Waals surface area contributed by atoms with E-state index in [0.29, 0.717) is 12.2 Å². The molecule has 2 aromatic heterocycles. The van der Waals surface area contributed by atoms with Crippen molar-refractivity contribution in [1.82, 2.24) is 25.2 Å². The Kier molecular flexibility index (Phi) is 5.94. The highest BCUT2D eigenvalue weighted by Gasteiger charge is 2.20. The summed E-state index contributed by atoms with van der Waals surface area (Å²) >= 11 is 0. The Morgan fingerprint density at radius 3 is 2.63 bits per heavy atom. The first kappa shape index (κ1) is 18.7. The van der Waals surface area contributed by atoms with Gasteiger partial charge in [-0.15, -0.1) is 0 Å². The highest BCUT2D eigenvalue weighted by atomic mass is 16.2. The van der Waals surface area contributed by atoms with E-state index in [1.165, 1.54) is 0 Å². The number of rotatable bonds is 5. The van der Waals surface area contributed by atoms with E-state index in [0.717, 1.165) is 43.3 Å². The fraction of sp³-hybridized carbons (Fsp3) is 0.421. The zero-order valence-electron chi connectivity index (χ0n) is 15.6. The first-order valence-electron chi connectivity index (χ1n) is 9.00. The molecule has 2 aromatic rings. The Hall–Kier alpha value is -3.05. The topological polar surface area (TPSA) is 98.0 Å². The average molecular weight is 365 g/mol. The summed E-state index contributed by atoms with van der Waals surface area (Å²) in [5.41, 5.74) is 1.93. The number of hydrogen-bond donors (Lipinski definition) is 1. The van der Waals surface area contributed by atoms with Crippen LogP contribution in [0.2, 0.25) is 0 Å². The van der Waals surface area contributed by atoms with Crippen molar-refractivity contribution in [3.63, 3.8) is 0 Å². The molecule has 0 radical (unpaired) electrons. The summed E-state index contributed by atoms with van der Waals surface area (Å²) in [5, 5.41) is 11.8. The molecule has 0 atom stereocenters. The summed E-state index contributed by atoms with van der Waals surface area (Å²) in [7, 11) is 0. The molecule has 0 saturated carbocycles. The van der Waals surface area contributed by atoms with Crippen LogP contribution in [0.4, 0.5) is 5.82 Å². The van der Waals surface area contributed by atoms with Gasteiger partial charge in [0.2, 0.25) is 5.91 Å². The Morgan fingerprint density at radius 2 is 2.00 bits per heavy atom. The maximum atomic E-state index is 11.9. The van der Waals surface area contributed by atoms with Crippen LogP contribution in [0.5, 0.6) is 0 Å². The molecule has 0 bridgehead atoms. The smallest absolute Gasteiger partial charge is 0.234 e. The van der Waals surface area contributed by atoms with Crippen molar-refractivity contribution in [2.45, 2.75) is 19.9 Å². The third-order valence-electron chi connectivity index (χ3n) is 4.31. The van der Waals surface area contributed by atoms with Crippen molar-refractivity contribution >= 4 is 11.7 Å². The van der Waals surface area contributed by atoms with Crippen LogP contribution >= 0.6 is 0 Å².